The van der Waals surface area contributed by atoms with Gasteiger partial charge in [-0.05, 0) is 57.5 Å². The summed E-state index contributed by atoms with van der Waals surface area (Å²) in [7, 11) is 3.76. The summed E-state index contributed by atoms with van der Waals surface area (Å²) in [6, 6.07) is 12.4. The molecule has 0 saturated heterocycles. The molecule has 2 N–H and O–H groups in total. The topological polar surface area (TPSA) is 27.3 Å². The van der Waals surface area contributed by atoms with Crippen LogP contribution in [-0.2, 0) is 0 Å². The Bertz CT molecular complexity index is 684. The number of anilines is 1. The van der Waals surface area contributed by atoms with Crippen LogP contribution < -0.4 is 10.6 Å². The van der Waals surface area contributed by atoms with Gasteiger partial charge in [-0.1, -0.05) is 35.4 Å². The van der Waals surface area contributed by atoms with Crippen LogP contribution >= 0.6 is 23.8 Å². The predicted octanol–water partition coefficient (Wildman–Crippen LogP) is 4.38. The van der Waals surface area contributed by atoms with E-state index in [2.05, 4.69) is 10.6 Å². The van der Waals surface area contributed by atoms with Gasteiger partial charge in [-0.2, -0.15) is 0 Å². The van der Waals surface area contributed by atoms with E-state index in [-0.39, 0.29) is 11.9 Å². The normalized spacial score (nSPS) is 12.1. The van der Waals surface area contributed by atoms with Crippen LogP contribution in [0.15, 0.2) is 42.5 Å². The molecule has 128 valence electrons. The average Bonchev–Trinajstić information content (AvgIpc) is 2.52. The van der Waals surface area contributed by atoms with Gasteiger partial charge in [0.1, 0.15) is 5.82 Å². The second kappa shape index (κ2) is 8.42. The van der Waals surface area contributed by atoms with Gasteiger partial charge in [0.15, 0.2) is 5.11 Å². The first kappa shape index (κ1) is 18.6. The van der Waals surface area contributed by atoms with Crippen molar-refractivity contribution in [1.29, 1.82) is 0 Å². The number of benzene rings is 2. The summed E-state index contributed by atoms with van der Waals surface area (Å²) in [4.78, 5) is 1.91. The van der Waals surface area contributed by atoms with Crippen LogP contribution in [0.2, 0.25) is 5.02 Å². The molecule has 2 aromatic rings. The Morgan fingerprint density at radius 1 is 1.21 bits per heavy atom. The monoisotopic (exact) mass is 365 g/mol. The summed E-state index contributed by atoms with van der Waals surface area (Å²) in [6.45, 7) is 2.46. The first-order valence-corrected chi connectivity index (χ1v) is 8.39. The van der Waals surface area contributed by atoms with E-state index < -0.39 is 0 Å². The predicted molar refractivity (Wildman–Crippen MR) is 103 cm³/mol. The highest BCUT2D eigenvalue weighted by molar-refractivity contribution is 7.80. The molecule has 0 aliphatic heterocycles. The number of halogens is 2. The lowest BCUT2D eigenvalue weighted by atomic mass is 10.1. The molecule has 6 heteroatoms. The molecule has 0 spiro atoms. The van der Waals surface area contributed by atoms with Crippen LogP contribution in [0.25, 0.3) is 0 Å². The number of thiocarbonyl (C=S) groups is 1. The van der Waals surface area contributed by atoms with Gasteiger partial charge in [0.25, 0.3) is 0 Å². The van der Waals surface area contributed by atoms with Crippen LogP contribution in [0, 0.1) is 12.7 Å². The van der Waals surface area contributed by atoms with Gasteiger partial charge in [-0.3, -0.25) is 0 Å². The van der Waals surface area contributed by atoms with Gasteiger partial charge in [0, 0.05) is 22.8 Å². The van der Waals surface area contributed by atoms with Crippen molar-refractivity contribution in [1.82, 2.24) is 10.2 Å². The number of nitrogens with zero attached hydrogens (tertiary/aromatic N) is 1. The van der Waals surface area contributed by atoms with Gasteiger partial charge in [0.05, 0.1) is 6.04 Å². The van der Waals surface area contributed by atoms with Crippen molar-refractivity contribution < 1.29 is 4.39 Å². The van der Waals surface area contributed by atoms with Gasteiger partial charge in [0.2, 0.25) is 0 Å². The molecule has 3 nitrogen and oxygen atoms in total. The van der Waals surface area contributed by atoms with Crippen molar-refractivity contribution >= 4 is 34.6 Å². The molecule has 0 amide bonds. The zero-order valence-corrected chi connectivity index (χ0v) is 15.5. The minimum Gasteiger partial charge on any atom is -0.361 e. The zero-order valence-electron chi connectivity index (χ0n) is 13.9. The summed E-state index contributed by atoms with van der Waals surface area (Å²) < 4.78 is 14.2. The van der Waals surface area contributed by atoms with E-state index in [4.69, 9.17) is 23.8 Å². The van der Waals surface area contributed by atoms with Gasteiger partial charge in [-0.25, -0.2) is 4.39 Å². The fourth-order valence-corrected chi connectivity index (χ4v) is 2.86. The molecule has 1 atom stereocenters. The van der Waals surface area contributed by atoms with Crippen LogP contribution in [0.3, 0.4) is 0 Å². The van der Waals surface area contributed by atoms with Crippen molar-refractivity contribution in [3.05, 3.63) is 64.4 Å². The largest absolute Gasteiger partial charge is 0.361 e. The first-order chi connectivity index (χ1) is 11.4. The van der Waals surface area contributed by atoms with E-state index in [0.29, 0.717) is 22.2 Å². The molecule has 0 saturated carbocycles. The van der Waals surface area contributed by atoms with E-state index in [9.17, 15) is 4.39 Å². The van der Waals surface area contributed by atoms with E-state index in [0.717, 1.165) is 5.69 Å². The third kappa shape index (κ3) is 4.90. The molecular formula is C18H21ClFN3S. The average molecular weight is 366 g/mol. The van der Waals surface area contributed by atoms with E-state index in [1.165, 1.54) is 11.6 Å². The van der Waals surface area contributed by atoms with E-state index in [1.807, 2.05) is 50.2 Å². The molecule has 2 aromatic carbocycles. The Morgan fingerprint density at radius 2 is 1.88 bits per heavy atom. The Morgan fingerprint density at radius 3 is 2.46 bits per heavy atom. The number of likely N-dealkylation sites (N-methyl/N-ethyl adjacent to an activating group) is 1. The van der Waals surface area contributed by atoms with Gasteiger partial charge in [-0.15, -0.1) is 0 Å². The summed E-state index contributed by atoms with van der Waals surface area (Å²) in [5.74, 6) is -0.319. The number of nitrogens with one attached hydrogen (secondary N) is 2. The molecule has 0 aromatic heterocycles. The first-order valence-electron chi connectivity index (χ1n) is 7.60. The maximum Gasteiger partial charge on any atom is 0.170 e. The molecule has 0 bridgehead atoms. The molecule has 0 heterocycles. The van der Waals surface area contributed by atoms with Gasteiger partial charge >= 0.3 is 0 Å². The summed E-state index contributed by atoms with van der Waals surface area (Å²) in [5, 5.41) is 7.15. The minimum atomic E-state index is -0.319. The van der Waals surface area contributed by atoms with Crippen molar-refractivity contribution in [2.45, 2.75) is 13.0 Å². The molecule has 0 radical (unpaired) electrons. The van der Waals surface area contributed by atoms with E-state index in [1.54, 1.807) is 12.1 Å². The Kier molecular flexibility index (Phi) is 6.54. The Balaban J connectivity index is 2.04. The highest BCUT2D eigenvalue weighted by Crippen LogP contribution is 2.28. The van der Waals surface area contributed by atoms with Crippen molar-refractivity contribution in [3.8, 4) is 0 Å². The molecule has 24 heavy (non-hydrogen) atoms. The highest BCUT2D eigenvalue weighted by atomic mass is 35.5. The zero-order chi connectivity index (χ0) is 17.7. The lowest BCUT2D eigenvalue weighted by Gasteiger charge is -2.27. The van der Waals surface area contributed by atoms with Crippen molar-refractivity contribution in [3.63, 3.8) is 0 Å². The number of rotatable bonds is 5. The Hall–Kier alpha value is -1.69. The Labute approximate surface area is 152 Å². The fourth-order valence-electron chi connectivity index (χ4n) is 2.37. The maximum atomic E-state index is 14.2. The number of hydrogen-bond donors (Lipinski definition) is 2. The number of aryl methyl sites for hydroxylation is 1. The molecule has 0 aliphatic carbocycles. The maximum absolute atomic E-state index is 14.2. The van der Waals surface area contributed by atoms with Crippen LogP contribution in [0.1, 0.15) is 17.2 Å². The molecule has 0 fully saturated rings. The van der Waals surface area contributed by atoms with Crippen LogP contribution in [0.4, 0.5) is 10.1 Å². The lowest BCUT2D eigenvalue weighted by molar-refractivity contribution is 0.292. The highest BCUT2D eigenvalue weighted by Gasteiger charge is 2.21. The smallest absolute Gasteiger partial charge is 0.170 e. The second-order valence-electron chi connectivity index (χ2n) is 5.82. The number of hydrogen-bond acceptors (Lipinski definition) is 2. The standard InChI is InChI=1S/C18H21ClFN3S/c1-12-7-9-13(10-8-12)22-18(24)21-11-16(23(2)3)17-14(19)5-4-6-15(17)20/h4-10,16H,11H2,1-3H3,(H2,21,22,24)/t16-/m0/s1. The SMILES string of the molecule is Cc1ccc(NC(=S)NC[C@@H](c2c(F)cccc2Cl)N(C)C)cc1. The van der Waals surface area contributed by atoms with Crippen molar-refractivity contribution in [2.24, 2.45) is 0 Å². The summed E-state index contributed by atoms with van der Waals surface area (Å²) >= 11 is 11.5. The van der Waals surface area contributed by atoms with E-state index >= 15 is 0 Å². The molecule has 2 rings (SSSR count). The molecular weight excluding hydrogens is 345 g/mol. The van der Waals surface area contributed by atoms with Crippen LogP contribution in [0.5, 0.6) is 0 Å². The summed E-state index contributed by atoms with van der Waals surface area (Å²) in [6.07, 6.45) is 0. The lowest BCUT2D eigenvalue weighted by Crippen LogP contribution is -2.37. The second-order valence-corrected chi connectivity index (χ2v) is 6.63. The molecule has 0 unspecified atom stereocenters. The fraction of sp³-hybridized carbons (Fsp3) is 0.278. The summed E-state index contributed by atoms with van der Waals surface area (Å²) in [5.41, 5.74) is 2.56. The third-order valence-electron chi connectivity index (χ3n) is 3.72. The van der Waals surface area contributed by atoms with Gasteiger partial charge < -0.3 is 15.5 Å². The third-order valence-corrected chi connectivity index (χ3v) is 4.30. The minimum absolute atomic E-state index is 0.239. The van der Waals surface area contributed by atoms with Crippen LogP contribution in [-0.4, -0.2) is 30.7 Å². The quantitative estimate of drug-likeness (QED) is 0.769. The molecule has 0 aliphatic rings. The van der Waals surface area contributed by atoms with Crippen molar-refractivity contribution in [2.75, 3.05) is 26.0 Å².